The molecule has 100 valence electrons. The fourth-order valence-corrected chi connectivity index (χ4v) is 2.93. The molecule has 0 aromatic carbocycles. The summed E-state index contributed by atoms with van der Waals surface area (Å²) in [6, 6.07) is 0. The van der Waals surface area contributed by atoms with Gasteiger partial charge in [-0.1, -0.05) is 13.3 Å². The Bertz CT molecular complexity index is 242. The van der Waals surface area contributed by atoms with E-state index in [9.17, 15) is 4.79 Å². The van der Waals surface area contributed by atoms with Crippen LogP contribution in [0.5, 0.6) is 0 Å². The molecule has 4 heteroatoms. The van der Waals surface area contributed by atoms with Gasteiger partial charge in [-0.2, -0.15) is 0 Å². The first-order valence-electron chi connectivity index (χ1n) is 6.80. The zero-order valence-electron chi connectivity index (χ0n) is 10.8. The molecule has 0 bridgehead atoms. The van der Waals surface area contributed by atoms with E-state index in [1.165, 1.54) is 19.3 Å². The molecule has 3 nitrogen and oxygen atoms in total. The van der Waals surface area contributed by atoms with Crippen molar-refractivity contribution in [3.8, 4) is 0 Å². The number of hydrogen-bond acceptors (Lipinski definition) is 2. The van der Waals surface area contributed by atoms with Gasteiger partial charge in [-0.15, -0.1) is 12.4 Å². The molecule has 1 unspecified atom stereocenters. The quantitative estimate of drug-likeness (QED) is 0.824. The lowest BCUT2D eigenvalue weighted by Gasteiger charge is -2.35. The Morgan fingerprint density at radius 1 is 1.29 bits per heavy atom. The van der Waals surface area contributed by atoms with Crippen molar-refractivity contribution >= 4 is 18.3 Å². The molecule has 2 saturated heterocycles. The highest BCUT2D eigenvalue weighted by molar-refractivity contribution is 5.85. The summed E-state index contributed by atoms with van der Waals surface area (Å²) in [5.74, 6) is 1.48. The van der Waals surface area contributed by atoms with Gasteiger partial charge in [0.2, 0.25) is 5.91 Å². The molecule has 1 atom stereocenters. The maximum atomic E-state index is 12.3. The van der Waals surface area contributed by atoms with Crippen molar-refractivity contribution in [2.24, 2.45) is 11.8 Å². The third kappa shape index (κ3) is 3.85. The number of halogens is 1. The predicted molar refractivity (Wildman–Crippen MR) is 72.4 cm³/mol. The molecular weight excluding hydrogens is 236 g/mol. The summed E-state index contributed by atoms with van der Waals surface area (Å²) < 4.78 is 0. The largest absolute Gasteiger partial charge is 0.342 e. The minimum absolute atomic E-state index is 0. The van der Waals surface area contributed by atoms with Crippen LogP contribution >= 0.6 is 12.4 Å². The molecule has 17 heavy (non-hydrogen) atoms. The monoisotopic (exact) mass is 260 g/mol. The van der Waals surface area contributed by atoms with Crippen LogP contribution in [0.4, 0.5) is 0 Å². The number of hydrogen-bond donors (Lipinski definition) is 1. The SMILES string of the molecule is CCC1CCCN(C(=O)C2CCNCC2)C1.Cl. The summed E-state index contributed by atoms with van der Waals surface area (Å²) in [5, 5.41) is 3.32. The number of piperidine rings is 2. The lowest BCUT2D eigenvalue weighted by molar-refractivity contribution is -0.138. The van der Waals surface area contributed by atoms with Gasteiger partial charge in [-0.3, -0.25) is 4.79 Å². The van der Waals surface area contributed by atoms with Crippen LogP contribution in [0.15, 0.2) is 0 Å². The Hall–Kier alpha value is -0.280. The molecule has 0 spiro atoms. The summed E-state index contributed by atoms with van der Waals surface area (Å²) >= 11 is 0. The van der Waals surface area contributed by atoms with Gasteiger partial charge in [-0.05, 0) is 44.7 Å². The highest BCUT2D eigenvalue weighted by Crippen LogP contribution is 2.23. The molecular formula is C13H25ClN2O. The van der Waals surface area contributed by atoms with Crippen LogP contribution in [0, 0.1) is 11.8 Å². The van der Waals surface area contributed by atoms with Crippen LogP contribution < -0.4 is 5.32 Å². The standard InChI is InChI=1S/C13H24N2O.ClH/c1-2-11-4-3-9-15(10-11)13(16)12-5-7-14-8-6-12;/h11-12,14H,2-10H2,1H3;1H. The van der Waals surface area contributed by atoms with E-state index in [0.717, 1.165) is 44.9 Å². The fraction of sp³-hybridized carbons (Fsp3) is 0.923. The van der Waals surface area contributed by atoms with Crippen molar-refractivity contribution in [2.75, 3.05) is 26.2 Å². The Morgan fingerprint density at radius 3 is 2.65 bits per heavy atom. The average Bonchev–Trinajstić information content (AvgIpc) is 2.39. The number of nitrogens with one attached hydrogen (secondary N) is 1. The zero-order valence-corrected chi connectivity index (χ0v) is 11.6. The Balaban J connectivity index is 0.00000144. The van der Waals surface area contributed by atoms with Crippen LogP contribution in [0.3, 0.4) is 0 Å². The number of carbonyl (C=O) groups excluding carboxylic acids is 1. The minimum Gasteiger partial charge on any atom is -0.342 e. The van der Waals surface area contributed by atoms with E-state index in [0.29, 0.717) is 11.8 Å². The van der Waals surface area contributed by atoms with Gasteiger partial charge >= 0.3 is 0 Å². The molecule has 0 aromatic heterocycles. The van der Waals surface area contributed by atoms with Gasteiger partial charge in [0, 0.05) is 19.0 Å². The maximum Gasteiger partial charge on any atom is 0.225 e. The maximum absolute atomic E-state index is 12.3. The summed E-state index contributed by atoms with van der Waals surface area (Å²) in [5.41, 5.74) is 0. The number of amides is 1. The molecule has 2 heterocycles. The van der Waals surface area contributed by atoms with Crippen molar-refractivity contribution in [1.82, 2.24) is 10.2 Å². The van der Waals surface area contributed by atoms with Crippen LogP contribution in [0.1, 0.15) is 39.0 Å². The van der Waals surface area contributed by atoms with E-state index in [-0.39, 0.29) is 12.4 Å². The minimum atomic E-state index is 0. The summed E-state index contributed by atoms with van der Waals surface area (Å²) in [6.45, 7) is 6.28. The number of likely N-dealkylation sites (tertiary alicyclic amines) is 1. The molecule has 2 fully saturated rings. The number of nitrogens with zero attached hydrogens (tertiary/aromatic N) is 1. The fourth-order valence-electron chi connectivity index (χ4n) is 2.93. The zero-order chi connectivity index (χ0) is 11.4. The molecule has 1 amide bonds. The Kier molecular flexibility index (Phi) is 6.28. The Morgan fingerprint density at radius 2 is 2.00 bits per heavy atom. The van der Waals surface area contributed by atoms with Gasteiger partial charge in [0.25, 0.3) is 0 Å². The third-order valence-electron chi connectivity index (χ3n) is 4.10. The van der Waals surface area contributed by atoms with Crippen molar-refractivity contribution < 1.29 is 4.79 Å². The number of carbonyl (C=O) groups is 1. The smallest absolute Gasteiger partial charge is 0.225 e. The van der Waals surface area contributed by atoms with Crippen LogP contribution in [-0.2, 0) is 4.79 Å². The highest BCUT2D eigenvalue weighted by Gasteiger charge is 2.28. The lowest BCUT2D eigenvalue weighted by Crippen LogP contribution is -2.45. The highest BCUT2D eigenvalue weighted by atomic mass is 35.5. The molecule has 0 saturated carbocycles. The van der Waals surface area contributed by atoms with Gasteiger partial charge in [0.05, 0.1) is 0 Å². The topological polar surface area (TPSA) is 32.3 Å². The average molecular weight is 261 g/mol. The van der Waals surface area contributed by atoms with Gasteiger partial charge < -0.3 is 10.2 Å². The van der Waals surface area contributed by atoms with Crippen LogP contribution in [0.2, 0.25) is 0 Å². The normalized spacial score (nSPS) is 26.4. The summed E-state index contributed by atoms with van der Waals surface area (Å²) in [6.07, 6.45) is 5.80. The van der Waals surface area contributed by atoms with E-state index in [4.69, 9.17) is 0 Å². The molecule has 2 aliphatic rings. The second kappa shape index (κ2) is 7.22. The predicted octanol–water partition coefficient (Wildman–Crippen LogP) is 2.06. The Labute approximate surface area is 111 Å². The van der Waals surface area contributed by atoms with Gasteiger partial charge in [0.1, 0.15) is 0 Å². The first-order chi connectivity index (χ1) is 7.81. The lowest BCUT2D eigenvalue weighted by atomic mass is 9.92. The van der Waals surface area contributed by atoms with Crippen molar-refractivity contribution in [3.05, 3.63) is 0 Å². The van der Waals surface area contributed by atoms with Crippen molar-refractivity contribution in [3.63, 3.8) is 0 Å². The summed E-state index contributed by atoms with van der Waals surface area (Å²) in [7, 11) is 0. The van der Waals surface area contributed by atoms with Crippen molar-refractivity contribution in [2.45, 2.75) is 39.0 Å². The van der Waals surface area contributed by atoms with Crippen LogP contribution in [-0.4, -0.2) is 37.0 Å². The molecule has 1 N–H and O–H groups in total. The molecule has 0 radical (unpaired) electrons. The van der Waals surface area contributed by atoms with Crippen LogP contribution in [0.25, 0.3) is 0 Å². The first kappa shape index (κ1) is 14.8. The molecule has 2 rings (SSSR count). The molecule has 0 aliphatic carbocycles. The van der Waals surface area contributed by atoms with E-state index < -0.39 is 0 Å². The van der Waals surface area contributed by atoms with E-state index in [2.05, 4.69) is 17.1 Å². The second-order valence-corrected chi connectivity index (χ2v) is 5.23. The molecule has 2 aliphatic heterocycles. The second-order valence-electron chi connectivity index (χ2n) is 5.23. The van der Waals surface area contributed by atoms with E-state index >= 15 is 0 Å². The summed E-state index contributed by atoms with van der Waals surface area (Å²) in [4.78, 5) is 14.4. The third-order valence-corrected chi connectivity index (χ3v) is 4.10. The van der Waals surface area contributed by atoms with Gasteiger partial charge in [0.15, 0.2) is 0 Å². The van der Waals surface area contributed by atoms with Gasteiger partial charge in [-0.25, -0.2) is 0 Å². The molecule has 0 aromatic rings. The number of rotatable bonds is 2. The van der Waals surface area contributed by atoms with E-state index in [1.807, 2.05) is 0 Å². The van der Waals surface area contributed by atoms with Crippen molar-refractivity contribution in [1.29, 1.82) is 0 Å². The first-order valence-corrected chi connectivity index (χ1v) is 6.80. The van der Waals surface area contributed by atoms with E-state index in [1.54, 1.807) is 0 Å².